The summed E-state index contributed by atoms with van der Waals surface area (Å²) in [5.41, 5.74) is 3.95. The summed E-state index contributed by atoms with van der Waals surface area (Å²) in [4.78, 5) is 23.9. The van der Waals surface area contributed by atoms with Gasteiger partial charge in [0.15, 0.2) is 0 Å². The van der Waals surface area contributed by atoms with Gasteiger partial charge in [0.05, 0.1) is 6.42 Å². The molecule has 4 nitrogen and oxygen atoms in total. The maximum absolute atomic E-state index is 11.7. The van der Waals surface area contributed by atoms with Gasteiger partial charge in [-0.25, -0.2) is 0 Å². The number of anilines is 1. The number of carboxylic acid groups (broad SMARTS) is 1. The number of carbonyl (C=O) groups is 2. The van der Waals surface area contributed by atoms with E-state index in [2.05, 4.69) is 0 Å². The Morgan fingerprint density at radius 1 is 1.17 bits per heavy atom. The average Bonchev–Trinajstić information content (AvgIpc) is 2.20. The summed E-state index contributed by atoms with van der Waals surface area (Å²) >= 11 is 0. The molecule has 0 atom stereocenters. The van der Waals surface area contributed by atoms with Gasteiger partial charge in [-0.3, -0.25) is 9.59 Å². The van der Waals surface area contributed by atoms with Gasteiger partial charge in [-0.1, -0.05) is 17.7 Å². The van der Waals surface area contributed by atoms with E-state index >= 15 is 0 Å². The lowest BCUT2D eigenvalue weighted by Gasteiger charge is -2.25. The zero-order chi connectivity index (χ0) is 13.9. The first-order valence-corrected chi connectivity index (χ1v) is 5.90. The summed E-state index contributed by atoms with van der Waals surface area (Å²) < 4.78 is 0. The van der Waals surface area contributed by atoms with Gasteiger partial charge in [0, 0.05) is 19.2 Å². The second-order valence-electron chi connectivity index (χ2n) is 4.56. The largest absolute Gasteiger partial charge is 0.481 e. The van der Waals surface area contributed by atoms with Gasteiger partial charge in [0.25, 0.3) is 0 Å². The maximum atomic E-state index is 11.7. The summed E-state index contributed by atoms with van der Waals surface area (Å²) in [6.45, 7) is 7.53. The Hall–Kier alpha value is -1.84. The molecule has 18 heavy (non-hydrogen) atoms. The first-order valence-electron chi connectivity index (χ1n) is 5.90. The first kappa shape index (κ1) is 14.2. The van der Waals surface area contributed by atoms with Crippen molar-refractivity contribution in [1.82, 2.24) is 0 Å². The highest BCUT2D eigenvalue weighted by Crippen LogP contribution is 2.26. The van der Waals surface area contributed by atoms with Crippen LogP contribution in [0.5, 0.6) is 0 Å². The SMILES string of the molecule is CC(=O)N(CCC(=O)O)c1c(C)cc(C)cc1C. The zero-order valence-electron chi connectivity index (χ0n) is 11.3. The first-order chi connectivity index (χ1) is 8.32. The number of benzene rings is 1. The fourth-order valence-corrected chi connectivity index (χ4v) is 2.23. The lowest BCUT2D eigenvalue weighted by Crippen LogP contribution is -2.32. The quantitative estimate of drug-likeness (QED) is 0.891. The molecule has 0 radical (unpaired) electrons. The number of aliphatic carboxylic acids is 1. The van der Waals surface area contributed by atoms with Gasteiger partial charge >= 0.3 is 5.97 Å². The summed E-state index contributed by atoms with van der Waals surface area (Å²) in [5, 5.41) is 8.74. The second kappa shape index (κ2) is 5.67. The zero-order valence-corrected chi connectivity index (χ0v) is 11.3. The van der Waals surface area contributed by atoms with E-state index in [-0.39, 0.29) is 18.9 Å². The van der Waals surface area contributed by atoms with Crippen molar-refractivity contribution in [3.8, 4) is 0 Å². The van der Waals surface area contributed by atoms with Crippen molar-refractivity contribution in [2.24, 2.45) is 0 Å². The lowest BCUT2D eigenvalue weighted by atomic mass is 10.0. The monoisotopic (exact) mass is 249 g/mol. The van der Waals surface area contributed by atoms with E-state index in [1.54, 1.807) is 0 Å². The van der Waals surface area contributed by atoms with Crippen molar-refractivity contribution in [3.63, 3.8) is 0 Å². The summed E-state index contributed by atoms with van der Waals surface area (Å²) in [5.74, 6) is -1.03. The minimum absolute atomic E-state index is 0.0493. The van der Waals surface area contributed by atoms with Crippen molar-refractivity contribution in [2.45, 2.75) is 34.1 Å². The molecule has 4 heteroatoms. The lowest BCUT2D eigenvalue weighted by molar-refractivity contribution is -0.136. The van der Waals surface area contributed by atoms with Crippen LogP contribution in [0.15, 0.2) is 12.1 Å². The molecule has 0 spiro atoms. The van der Waals surface area contributed by atoms with Gasteiger partial charge in [0.1, 0.15) is 0 Å². The number of carboxylic acids is 1. The third kappa shape index (κ3) is 3.32. The number of carbonyl (C=O) groups excluding carboxylic acids is 1. The van der Waals surface area contributed by atoms with Crippen LogP contribution in [-0.4, -0.2) is 23.5 Å². The Morgan fingerprint density at radius 3 is 2.06 bits per heavy atom. The van der Waals surface area contributed by atoms with E-state index in [0.29, 0.717) is 0 Å². The van der Waals surface area contributed by atoms with Crippen molar-refractivity contribution in [1.29, 1.82) is 0 Å². The molecule has 0 fully saturated rings. The number of rotatable bonds is 4. The molecule has 1 aromatic rings. The minimum Gasteiger partial charge on any atom is -0.481 e. The molecular weight excluding hydrogens is 230 g/mol. The van der Waals surface area contributed by atoms with E-state index < -0.39 is 5.97 Å². The highest BCUT2D eigenvalue weighted by molar-refractivity contribution is 5.93. The Morgan fingerprint density at radius 2 is 1.67 bits per heavy atom. The highest BCUT2D eigenvalue weighted by atomic mass is 16.4. The van der Waals surface area contributed by atoms with Crippen molar-refractivity contribution in [3.05, 3.63) is 28.8 Å². The molecule has 0 bridgehead atoms. The van der Waals surface area contributed by atoms with Crippen molar-refractivity contribution >= 4 is 17.6 Å². The number of nitrogens with zero attached hydrogens (tertiary/aromatic N) is 1. The van der Waals surface area contributed by atoms with Crippen LogP contribution in [0.4, 0.5) is 5.69 Å². The molecule has 0 aliphatic carbocycles. The van der Waals surface area contributed by atoms with Gasteiger partial charge in [-0.05, 0) is 31.9 Å². The third-order valence-corrected chi connectivity index (χ3v) is 2.83. The van der Waals surface area contributed by atoms with Crippen molar-refractivity contribution in [2.75, 3.05) is 11.4 Å². The molecule has 0 saturated heterocycles. The van der Waals surface area contributed by atoms with Gasteiger partial charge in [0.2, 0.25) is 5.91 Å². The van der Waals surface area contributed by atoms with Crippen LogP contribution in [0.25, 0.3) is 0 Å². The maximum Gasteiger partial charge on any atom is 0.305 e. The molecule has 0 saturated carbocycles. The Labute approximate surface area is 107 Å². The standard InChI is InChI=1S/C14H19NO3/c1-9-7-10(2)14(11(3)8-9)15(12(4)16)6-5-13(17)18/h7-8H,5-6H2,1-4H3,(H,17,18). The van der Waals surface area contributed by atoms with E-state index in [1.165, 1.54) is 11.8 Å². The van der Waals surface area contributed by atoms with Crippen LogP contribution >= 0.6 is 0 Å². The highest BCUT2D eigenvalue weighted by Gasteiger charge is 2.17. The van der Waals surface area contributed by atoms with Crippen LogP contribution in [0.3, 0.4) is 0 Å². The fraction of sp³-hybridized carbons (Fsp3) is 0.429. The smallest absolute Gasteiger partial charge is 0.305 e. The molecule has 0 heterocycles. The molecule has 1 amide bonds. The van der Waals surface area contributed by atoms with Gasteiger partial charge in [-0.2, -0.15) is 0 Å². The Kier molecular flexibility index (Phi) is 4.48. The number of aryl methyl sites for hydroxylation is 3. The topological polar surface area (TPSA) is 57.6 Å². The average molecular weight is 249 g/mol. The molecule has 1 rings (SSSR count). The summed E-state index contributed by atoms with van der Waals surface area (Å²) in [6.07, 6.45) is -0.0493. The molecule has 1 N–H and O–H groups in total. The summed E-state index contributed by atoms with van der Waals surface area (Å²) in [7, 11) is 0. The predicted molar refractivity (Wildman–Crippen MR) is 70.9 cm³/mol. The molecule has 0 unspecified atom stereocenters. The van der Waals surface area contributed by atoms with Crippen LogP contribution in [-0.2, 0) is 9.59 Å². The van der Waals surface area contributed by atoms with E-state index in [0.717, 1.165) is 22.4 Å². The van der Waals surface area contributed by atoms with Crippen LogP contribution in [0.1, 0.15) is 30.0 Å². The second-order valence-corrected chi connectivity index (χ2v) is 4.56. The number of hydrogen-bond donors (Lipinski definition) is 1. The molecular formula is C14H19NO3. The molecule has 0 aliphatic heterocycles. The fourth-order valence-electron chi connectivity index (χ4n) is 2.23. The number of amides is 1. The van der Waals surface area contributed by atoms with Crippen LogP contribution < -0.4 is 4.90 Å². The minimum atomic E-state index is -0.899. The summed E-state index contributed by atoms with van der Waals surface area (Å²) in [6, 6.07) is 4.00. The van der Waals surface area contributed by atoms with Gasteiger partial charge < -0.3 is 10.0 Å². The predicted octanol–water partition coefficient (Wildman–Crippen LogP) is 2.44. The van der Waals surface area contributed by atoms with E-state index in [4.69, 9.17) is 5.11 Å². The molecule has 1 aromatic carbocycles. The van der Waals surface area contributed by atoms with Crippen LogP contribution in [0, 0.1) is 20.8 Å². The van der Waals surface area contributed by atoms with E-state index in [9.17, 15) is 9.59 Å². The molecule has 98 valence electrons. The van der Waals surface area contributed by atoms with Crippen LogP contribution in [0.2, 0.25) is 0 Å². The molecule has 0 aliphatic rings. The Bertz CT molecular complexity index is 457. The molecule has 0 aromatic heterocycles. The normalized spacial score (nSPS) is 10.2. The third-order valence-electron chi connectivity index (χ3n) is 2.83. The van der Waals surface area contributed by atoms with E-state index in [1.807, 2.05) is 32.9 Å². The number of hydrogen-bond acceptors (Lipinski definition) is 2. The van der Waals surface area contributed by atoms with Gasteiger partial charge in [-0.15, -0.1) is 0 Å². The van der Waals surface area contributed by atoms with Crippen molar-refractivity contribution < 1.29 is 14.7 Å². The Balaban J connectivity index is 3.13.